The van der Waals surface area contributed by atoms with Crippen LogP contribution in [0.4, 0.5) is 0 Å². The third-order valence-corrected chi connectivity index (χ3v) is 7.57. The van der Waals surface area contributed by atoms with Crippen LogP contribution in [0.15, 0.2) is 12.7 Å². The van der Waals surface area contributed by atoms with Gasteiger partial charge in [-0.1, -0.05) is 26.8 Å². The third kappa shape index (κ3) is 2.06. The van der Waals surface area contributed by atoms with Gasteiger partial charge in [0, 0.05) is 11.8 Å². The highest BCUT2D eigenvalue weighted by Gasteiger charge is 2.62. The lowest BCUT2D eigenvalue weighted by molar-refractivity contribution is -0.250. The molecule has 124 valence electrons. The van der Waals surface area contributed by atoms with Crippen LogP contribution in [0.3, 0.4) is 0 Å². The van der Waals surface area contributed by atoms with E-state index in [0.717, 1.165) is 32.1 Å². The molecule has 2 heteroatoms. The van der Waals surface area contributed by atoms with E-state index in [0.29, 0.717) is 17.6 Å². The number of hydrogen-bond acceptors (Lipinski definition) is 2. The van der Waals surface area contributed by atoms with Crippen LogP contribution in [0.2, 0.25) is 0 Å². The van der Waals surface area contributed by atoms with Gasteiger partial charge in [-0.25, -0.2) is 0 Å². The first kappa shape index (κ1) is 16.2. The van der Waals surface area contributed by atoms with Crippen molar-refractivity contribution in [3.05, 3.63) is 12.7 Å². The van der Waals surface area contributed by atoms with E-state index in [1.807, 2.05) is 6.08 Å². The Morgan fingerprint density at radius 1 is 1.05 bits per heavy atom. The number of hydrogen-bond donors (Lipinski definition) is 0. The normalized spacial score (nSPS) is 50.9. The lowest BCUT2D eigenvalue weighted by Crippen LogP contribution is -2.63. The number of ether oxygens (including phenoxy) is 1. The molecule has 0 unspecified atom stereocenters. The number of Topliss-reactive ketones (excluding diaryl/α,β-unsaturated/α-hetero) is 1. The fraction of sp³-hybridized carbons (Fsp3) is 0.850. The van der Waals surface area contributed by atoms with Crippen molar-refractivity contribution in [1.82, 2.24) is 0 Å². The van der Waals surface area contributed by atoms with Crippen LogP contribution in [-0.4, -0.2) is 17.0 Å². The standard InChI is InChI=1S/C20H32O2/c1-7-18(4)11-8-15-19(5)12-10-16(21)17(2,3)14(19)9-13-20(15,6)22-18/h7,14-15H,1,8-13H2,2-6H3/t14-,15+,18-,19-,20-/m0/s1. The van der Waals surface area contributed by atoms with Gasteiger partial charge >= 0.3 is 0 Å². The summed E-state index contributed by atoms with van der Waals surface area (Å²) in [6, 6.07) is 0. The summed E-state index contributed by atoms with van der Waals surface area (Å²) in [5.74, 6) is 1.52. The molecule has 22 heavy (non-hydrogen) atoms. The summed E-state index contributed by atoms with van der Waals surface area (Å²) in [7, 11) is 0. The fourth-order valence-corrected chi connectivity index (χ4v) is 6.22. The van der Waals surface area contributed by atoms with Gasteiger partial charge in [-0.05, 0) is 63.2 Å². The summed E-state index contributed by atoms with van der Waals surface area (Å²) < 4.78 is 6.62. The van der Waals surface area contributed by atoms with Crippen molar-refractivity contribution >= 4 is 5.78 Å². The monoisotopic (exact) mass is 304 g/mol. The first-order chi connectivity index (χ1) is 10.1. The molecule has 2 aliphatic carbocycles. The molecule has 3 rings (SSSR count). The van der Waals surface area contributed by atoms with Crippen LogP contribution in [0.25, 0.3) is 0 Å². The molecular weight excluding hydrogens is 272 g/mol. The van der Waals surface area contributed by atoms with Crippen LogP contribution in [0.5, 0.6) is 0 Å². The zero-order valence-electron chi connectivity index (χ0n) is 15.0. The number of rotatable bonds is 1. The van der Waals surface area contributed by atoms with E-state index in [9.17, 15) is 4.79 Å². The Labute approximate surface area is 135 Å². The van der Waals surface area contributed by atoms with Gasteiger partial charge < -0.3 is 4.74 Å². The van der Waals surface area contributed by atoms with Gasteiger partial charge in [0.1, 0.15) is 5.78 Å². The van der Waals surface area contributed by atoms with E-state index in [2.05, 4.69) is 41.2 Å². The summed E-state index contributed by atoms with van der Waals surface area (Å²) >= 11 is 0. The van der Waals surface area contributed by atoms with Crippen molar-refractivity contribution in [2.24, 2.45) is 22.7 Å². The molecule has 3 fully saturated rings. The van der Waals surface area contributed by atoms with Gasteiger partial charge in [0.25, 0.3) is 0 Å². The van der Waals surface area contributed by atoms with Crippen LogP contribution in [0.1, 0.15) is 73.1 Å². The van der Waals surface area contributed by atoms with Crippen molar-refractivity contribution in [3.63, 3.8) is 0 Å². The summed E-state index contributed by atoms with van der Waals surface area (Å²) in [6.45, 7) is 15.3. The quantitative estimate of drug-likeness (QED) is 0.643. The van der Waals surface area contributed by atoms with E-state index in [1.165, 1.54) is 6.42 Å². The molecule has 0 aromatic heterocycles. The molecule has 3 aliphatic rings. The topological polar surface area (TPSA) is 26.3 Å². The van der Waals surface area contributed by atoms with Gasteiger partial charge in [0.05, 0.1) is 11.2 Å². The van der Waals surface area contributed by atoms with Crippen molar-refractivity contribution < 1.29 is 9.53 Å². The molecule has 0 bridgehead atoms. The first-order valence-electron chi connectivity index (χ1n) is 8.94. The highest BCUT2D eigenvalue weighted by molar-refractivity contribution is 5.85. The predicted octanol–water partition coefficient (Wildman–Crippen LogP) is 4.92. The second-order valence-electron chi connectivity index (χ2n) is 9.26. The first-order valence-corrected chi connectivity index (χ1v) is 8.94. The largest absolute Gasteiger partial charge is 0.365 e. The number of carbonyl (C=O) groups excluding carboxylic acids is 1. The maximum absolute atomic E-state index is 12.5. The zero-order chi connectivity index (χ0) is 16.4. The average molecular weight is 304 g/mol. The molecule has 5 atom stereocenters. The number of carbonyl (C=O) groups is 1. The third-order valence-electron chi connectivity index (χ3n) is 7.57. The zero-order valence-corrected chi connectivity index (χ0v) is 15.0. The molecule has 1 saturated heterocycles. The molecule has 2 saturated carbocycles. The second-order valence-corrected chi connectivity index (χ2v) is 9.26. The summed E-state index contributed by atoms with van der Waals surface area (Å²) in [6.07, 6.45) is 8.17. The van der Waals surface area contributed by atoms with Crippen molar-refractivity contribution in [3.8, 4) is 0 Å². The highest BCUT2D eigenvalue weighted by Crippen LogP contribution is 2.64. The van der Waals surface area contributed by atoms with E-state index in [1.54, 1.807) is 0 Å². The van der Waals surface area contributed by atoms with E-state index >= 15 is 0 Å². The highest BCUT2D eigenvalue weighted by atomic mass is 16.5. The molecule has 0 spiro atoms. The molecule has 1 aliphatic heterocycles. The van der Waals surface area contributed by atoms with Crippen LogP contribution in [0, 0.1) is 22.7 Å². The smallest absolute Gasteiger partial charge is 0.138 e. The number of fused-ring (bicyclic) bond motifs is 3. The number of ketones is 1. The van der Waals surface area contributed by atoms with Gasteiger partial charge in [0.15, 0.2) is 0 Å². The van der Waals surface area contributed by atoms with Crippen LogP contribution < -0.4 is 0 Å². The molecule has 0 amide bonds. The Balaban J connectivity index is 1.97. The summed E-state index contributed by atoms with van der Waals surface area (Å²) in [5.41, 5.74) is -0.197. The van der Waals surface area contributed by atoms with E-state index < -0.39 is 0 Å². The minimum atomic E-state index is -0.186. The molecule has 0 radical (unpaired) electrons. The minimum Gasteiger partial charge on any atom is -0.365 e. The van der Waals surface area contributed by atoms with Gasteiger partial charge in [0.2, 0.25) is 0 Å². The van der Waals surface area contributed by atoms with E-state index in [4.69, 9.17) is 4.74 Å². The average Bonchev–Trinajstić information content (AvgIpc) is 2.42. The Morgan fingerprint density at radius 3 is 2.32 bits per heavy atom. The molecule has 0 aromatic carbocycles. The van der Waals surface area contributed by atoms with Gasteiger partial charge in [-0.15, -0.1) is 6.58 Å². The molecule has 0 N–H and O–H groups in total. The Bertz CT molecular complexity index is 508. The maximum atomic E-state index is 12.5. The van der Waals surface area contributed by atoms with Crippen molar-refractivity contribution in [1.29, 1.82) is 0 Å². The van der Waals surface area contributed by atoms with Crippen LogP contribution in [-0.2, 0) is 9.53 Å². The molecule has 1 heterocycles. The summed E-state index contributed by atoms with van der Waals surface area (Å²) in [5, 5.41) is 0. The SMILES string of the molecule is C=C[C@@]1(C)CC[C@@H]2[C@@]3(C)CCC(=O)C(C)(C)[C@@H]3CC[C@]2(C)O1. The van der Waals surface area contributed by atoms with E-state index in [-0.39, 0.29) is 22.0 Å². The molecule has 0 aromatic rings. The minimum absolute atomic E-state index is 0.0666. The second kappa shape index (κ2) is 4.69. The van der Waals surface area contributed by atoms with Crippen LogP contribution >= 0.6 is 0 Å². The fourth-order valence-electron chi connectivity index (χ4n) is 6.22. The molecular formula is C20H32O2. The lowest BCUT2D eigenvalue weighted by atomic mass is 9.44. The van der Waals surface area contributed by atoms with Crippen molar-refractivity contribution in [2.45, 2.75) is 84.3 Å². The maximum Gasteiger partial charge on any atom is 0.138 e. The molecule has 2 nitrogen and oxygen atoms in total. The Morgan fingerprint density at radius 2 is 1.68 bits per heavy atom. The Hall–Kier alpha value is -0.630. The lowest BCUT2D eigenvalue weighted by Gasteiger charge is -2.64. The van der Waals surface area contributed by atoms with Crippen molar-refractivity contribution in [2.75, 3.05) is 0 Å². The predicted molar refractivity (Wildman–Crippen MR) is 89.7 cm³/mol. The Kier molecular flexibility index (Phi) is 3.46. The summed E-state index contributed by atoms with van der Waals surface area (Å²) in [4.78, 5) is 12.5. The van der Waals surface area contributed by atoms with Gasteiger partial charge in [-0.3, -0.25) is 4.79 Å². The van der Waals surface area contributed by atoms with Gasteiger partial charge in [-0.2, -0.15) is 0 Å².